The van der Waals surface area contributed by atoms with Crippen LogP contribution in [-0.2, 0) is 6.18 Å². The first-order valence-electron chi connectivity index (χ1n) is 7.84. The molecule has 136 valence electrons. The molecule has 9 heteroatoms. The molecule has 0 spiro atoms. The number of nitrogens with one attached hydrogen (secondary N) is 1. The summed E-state index contributed by atoms with van der Waals surface area (Å²) in [5.41, 5.74) is -0.401. The number of hydrogen-bond acceptors (Lipinski definition) is 5. The third-order valence-corrected chi connectivity index (χ3v) is 3.82. The molecule has 0 unspecified atom stereocenters. The van der Waals surface area contributed by atoms with Crippen LogP contribution >= 0.6 is 0 Å². The minimum Gasteiger partial charge on any atom is -0.508 e. The number of pyridine rings is 1. The summed E-state index contributed by atoms with van der Waals surface area (Å²) in [5, 5.41) is 12.3. The Morgan fingerprint density at radius 2 is 1.74 bits per heavy atom. The van der Waals surface area contributed by atoms with Crippen molar-refractivity contribution in [2.75, 3.05) is 5.32 Å². The molecule has 2 N–H and O–H groups in total. The Kier molecular flexibility index (Phi) is 3.91. The molecule has 0 atom stereocenters. The highest BCUT2D eigenvalue weighted by Gasteiger charge is 2.38. The Morgan fingerprint density at radius 3 is 2.48 bits per heavy atom. The van der Waals surface area contributed by atoms with Gasteiger partial charge in [0.2, 0.25) is 0 Å². The van der Waals surface area contributed by atoms with Crippen LogP contribution in [0.1, 0.15) is 5.69 Å². The Balaban J connectivity index is 1.81. The molecular formula is C18H12F3N5O. The highest BCUT2D eigenvalue weighted by atomic mass is 19.4. The zero-order valence-electron chi connectivity index (χ0n) is 13.6. The van der Waals surface area contributed by atoms with Crippen LogP contribution in [0.3, 0.4) is 0 Å². The summed E-state index contributed by atoms with van der Waals surface area (Å²) >= 11 is 0. The molecule has 6 nitrogen and oxygen atoms in total. The molecule has 0 saturated carbocycles. The average molecular weight is 371 g/mol. The van der Waals surface area contributed by atoms with Gasteiger partial charge in [0.05, 0.1) is 12.4 Å². The first-order chi connectivity index (χ1) is 12.9. The number of fused-ring (bicyclic) bond motifs is 1. The van der Waals surface area contributed by atoms with Crippen molar-refractivity contribution < 1.29 is 18.3 Å². The molecule has 0 radical (unpaired) electrons. The number of aromatic nitrogens is 4. The van der Waals surface area contributed by atoms with Crippen LogP contribution in [0.4, 0.5) is 24.7 Å². The minimum absolute atomic E-state index is 0.0322. The first-order valence-corrected chi connectivity index (χ1v) is 7.84. The van der Waals surface area contributed by atoms with Crippen LogP contribution in [-0.4, -0.2) is 24.5 Å². The van der Waals surface area contributed by atoms with Gasteiger partial charge in [-0.05, 0) is 36.4 Å². The lowest BCUT2D eigenvalue weighted by Crippen LogP contribution is -2.08. The van der Waals surface area contributed by atoms with Crippen molar-refractivity contribution in [3.8, 4) is 17.1 Å². The number of halogens is 3. The molecule has 4 aromatic rings. The molecule has 1 aromatic carbocycles. The Labute approximate surface area is 151 Å². The number of phenolic OH excluding ortho intramolecular Hbond substituents is 1. The number of aromatic hydroxyl groups is 1. The molecule has 0 aliphatic heterocycles. The SMILES string of the molecule is Oc1ccc(Nc2cncc(-c3c(C(F)(F)F)nc4ccccn34)n2)cc1. The van der Waals surface area contributed by atoms with Crippen LogP contribution in [0.5, 0.6) is 5.75 Å². The molecular weight excluding hydrogens is 359 g/mol. The van der Waals surface area contributed by atoms with Crippen molar-refractivity contribution in [1.29, 1.82) is 0 Å². The lowest BCUT2D eigenvalue weighted by molar-refractivity contribution is -0.140. The minimum atomic E-state index is -4.64. The van der Waals surface area contributed by atoms with E-state index < -0.39 is 11.9 Å². The van der Waals surface area contributed by atoms with Crippen molar-refractivity contribution in [3.63, 3.8) is 0 Å². The fourth-order valence-electron chi connectivity index (χ4n) is 2.67. The van der Waals surface area contributed by atoms with Crippen LogP contribution in [0.15, 0.2) is 61.1 Å². The average Bonchev–Trinajstić information content (AvgIpc) is 3.04. The highest BCUT2D eigenvalue weighted by molar-refractivity contribution is 5.66. The van der Waals surface area contributed by atoms with Crippen molar-refractivity contribution >= 4 is 17.2 Å². The van der Waals surface area contributed by atoms with Crippen molar-refractivity contribution in [1.82, 2.24) is 19.4 Å². The summed E-state index contributed by atoms with van der Waals surface area (Å²) in [6.07, 6.45) is -0.487. The highest BCUT2D eigenvalue weighted by Crippen LogP contribution is 2.36. The number of alkyl halides is 3. The Bertz CT molecular complexity index is 1110. The molecule has 0 bridgehead atoms. The van der Waals surface area contributed by atoms with E-state index >= 15 is 0 Å². The lowest BCUT2D eigenvalue weighted by atomic mass is 10.2. The Hall–Kier alpha value is -3.62. The van der Waals surface area contributed by atoms with E-state index in [-0.39, 0.29) is 28.6 Å². The number of nitrogens with zero attached hydrogens (tertiary/aromatic N) is 4. The zero-order valence-corrected chi connectivity index (χ0v) is 13.6. The maximum Gasteiger partial charge on any atom is 0.435 e. The zero-order chi connectivity index (χ0) is 19.0. The second-order valence-corrected chi connectivity index (χ2v) is 5.70. The van der Waals surface area contributed by atoms with Gasteiger partial charge < -0.3 is 10.4 Å². The predicted octanol–water partition coefficient (Wildman–Crippen LogP) is 4.26. The van der Waals surface area contributed by atoms with Gasteiger partial charge in [-0.25, -0.2) is 9.97 Å². The van der Waals surface area contributed by atoms with Crippen LogP contribution in [0.25, 0.3) is 17.0 Å². The van der Waals surface area contributed by atoms with Gasteiger partial charge >= 0.3 is 6.18 Å². The third kappa shape index (κ3) is 3.26. The number of anilines is 2. The quantitative estimate of drug-likeness (QED) is 0.527. The largest absolute Gasteiger partial charge is 0.508 e. The molecule has 0 fully saturated rings. The van der Waals surface area contributed by atoms with Gasteiger partial charge in [0.1, 0.15) is 28.6 Å². The summed E-state index contributed by atoms with van der Waals surface area (Å²) in [4.78, 5) is 12.0. The molecule has 3 heterocycles. The first kappa shape index (κ1) is 16.8. The summed E-state index contributed by atoms with van der Waals surface area (Å²) in [5.74, 6) is 0.359. The van der Waals surface area contributed by atoms with Gasteiger partial charge in [0.15, 0.2) is 5.69 Å². The van der Waals surface area contributed by atoms with E-state index in [9.17, 15) is 18.3 Å². The number of imidazole rings is 1. The van der Waals surface area contributed by atoms with Crippen molar-refractivity contribution in [3.05, 3.63) is 66.7 Å². The van der Waals surface area contributed by atoms with Gasteiger partial charge in [-0.3, -0.25) is 9.38 Å². The van der Waals surface area contributed by atoms with E-state index in [1.807, 2.05) is 0 Å². The van der Waals surface area contributed by atoms with E-state index in [1.54, 1.807) is 24.3 Å². The normalized spacial score (nSPS) is 11.7. The number of benzene rings is 1. The number of hydrogen-bond donors (Lipinski definition) is 2. The van der Waals surface area contributed by atoms with E-state index in [4.69, 9.17) is 0 Å². The van der Waals surface area contributed by atoms with E-state index in [2.05, 4.69) is 20.3 Å². The second-order valence-electron chi connectivity index (χ2n) is 5.70. The van der Waals surface area contributed by atoms with E-state index in [1.165, 1.54) is 41.2 Å². The van der Waals surface area contributed by atoms with Gasteiger partial charge in [-0.15, -0.1) is 0 Å². The maximum atomic E-state index is 13.5. The smallest absolute Gasteiger partial charge is 0.435 e. The fourth-order valence-corrected chi connectivity index (χ4v) is 2.67. The molecule has 0 aliphatic rings. The Morgan fingerprint density at radius 1 is 0.963 bits per heavy atom. The monoisotopic (exact) mass is 371 g/mol. The topological polar surface area (TPSA) is 75.3 Å². The molecule has 4 rings (SSSR count). The van der Waals surface area contributed by atoms with Gasteiger partial charge in [0, 0.05) is 11.9 Å². The van der Waals surface area contributed by atoms with Gasteiger partial charge in [0.25, 0.3) is 0 Å². The summed E-state index contributed by atoms with van der Waals surface area (Å²) in [7, 11) is 0. The fraction of sp³-hybridized carbons (Fsp3) is 0.0556. The molecule has 0 aliphatic carbocycles. The molecule has 0 saturated heterocycles. The lowest BCUT2D eigenvalue weighted by Gasteiger charge is -2.10. The summed E-state index contributed by atoms with van der Waals surface area (Å²) in [6.45, 7) is 0. The van der Waals surface area contributed by atoms with E-state index in [0.717, 1.165) is 0 Å². The summed E-state index contributed by atoms with van der Waals surface area (Å²) < 4.78 is 41.8. The predicted molar refractivity (Wildman–Crippen MR) is 92.6 cm³/mol. The van der Waals surface area contributed by atoms with Crippen LogP contribution in [0, 0.1) is 0 Å². The molecule has 27 heavy (non-hydrogen) atoms. The van der Waals surface area contributed by atoms with E-state index in [0.29, 0.717) is 5.69 Å². The number of phenols is 1. The van der Waals surface area contributed by atoms with Gasteiger partial charge in [-0.1, -0.05) is 6.07 Å². The maximum absolute atomic E-state index is 13.5. The van der Waals surface area contributed by atoms with Crippen LogP contribution in [0.2, 0.25) is 0 Å². The van der Waals surface area contributed by atoms with Crippen molar-refractivity contribution in [2.45, 2.75) is 6.18 Å². The standard InChI is InChI=1S/C18H12F3N5O/c19-18(20,21)17-16(26-8-2-1-3-15(26)25-17)13-9-22-10-14(24-13)23-11-4-6-12(27)7-5-11/h1-10,27H,(H,23,24). The molecule has 3 aromatic heterocycles. The number of rotatable bonds is 3. The third-order valence-electron chi connectivity index (χ3n) is 3.82. The van der Waals surface area contributed by atoms with Crippen molar-refractivity contribution in [2.24, 2.45) is 0 Å². The van der Waals surface area contributed by atoms with Crippen LogP contribution < -0.4 is 5.32 Å². The van der Waals surface area contributed by atoms with Gasteiger partial charge in [-0.2, -0.15) is 13.2 Å². The summed E-state index contributed by atoms with van der Waals surface area (Å²) in [6, 6.07) is 10.9. The second kappa shape index (κ2) is 6.27. The molecule has 0 amide bonds.